The lowest BCUT2D eigenvalue weighted by molar-refractivity contribution is 0.117. The van der Waals surface area contributed by atoms with E-state index in [9.17, 15) is 5.11 Å². The third kappa shape index (κ3) is 5.53. The van der Waals surface area contributed by atoms with Gasteiger partial charge in [-0.15, -0.1) is 0 Å². The molecule has 1 saturated carbocycles. The van der Waals surface area contributed by atoms with Crippen molar-refractivity contribution in [2.45, 2.75) is 71.1 Å². The van der Waals surface area contributed by atoms with Gasteiger partial charge in [0.2, 0.25) is 0 Å². The van der Waals surface area contributed by atoms with Crippen LogP contribution in [0.3, 0.4) is 0 Å². The fraction of sp³-hybridized carbons (Fsp3) is 0.789. The van der Waals surface area contributed by atoms with Crippen molar-refractivity contribution < 1.29 is 5.11 Å². The van der Waals surface area contributed by atoms with Crippen LogP contribution in [0, 0.1) is 17.8 Å². The van der Waals surface area contributed by atoms with Crippen LogP contribution in [-0.2, 0) is 0 Å². The second kappa shape index (κ2) is 8.85. The van der Waals surface area contributed by atoms with Gasteiger partial charge < -0.3 is 10.8 Å². The fourth-order valence-corrected chi connectivity index (χ4v) is 4.09. The molecule has 2 aliphatic rings. The van der Waals surface area contributed by atoms with Gasteiger partial charge in [0.15, 0.2) is 0 Å². The summed E-state index contributed by atoms with van der Waals surface area (Å²) < 4.78 is 0. The highest BCUT2D eigenvalue weighted by Crippen LogP contribution is 2.38. The van der Waals surface area contributed by atoms with Gasteiger partial charge in [0.25, 0.3) is 0 Å². The van der Waals surface area contributed by atoms with Crippen molar-refractivity contribution in [2.75, 3.05) is 6.54 Å². The van der Waals surface area contributed by atoms with E-state index in [1.165, 1.54) is 24.8 Å². The molecular formula is C19H34N2O. The maximum absolute atomic E-state index is 10.0. The van der Waals surface area contributed by atoms with Gasteiger partial charge in [0.1, 0.15) is 6.23 Å². The molecule has 4 N–H and O–H groups in total. The third-order valence-corrected chi connectivity index (χ3v) is 5.12. The zero-order valence-electron chi connectivity index (χ0n) is 14.3. The van der Waals surface area contributed by atoms with E-state index in [0.717, 1.165) is 43.4 Å². The maximum Gasteiger partial charge on any atom is 0.105 e. The van der Waals surface area contributed by atoms with Crippen molar-refractivity contribution >= 4 is 0 Å². The van der Waals surface area contributed by atoms with Crippen LogP contribution in [-0.4, -0.2) is 23.9 Å². The summed E-state index contributed by atoms with van der Waals surface area (Å²) in [5, 5.41) is 13.3. The molecule has 0 radical (unpaired) electrons. The highest BCUT2D eigenvalue weighted by molar-refractivity contribution is 5.28. The molecule has 0 heterocycles. The van der Waals surface area contributed by atoms with Crippen molar-refractivity contribution in [3.8, 4) is 0 Å². The molecule has 4 atom stereocenters. The lowest BCUT2D eigenvalue weighted by Crippen LogP contribution is -2.37. The summed E-state index contributed by atoms with van der Waals surface area (Å²) in [5.41, 5.74) is 7.01. The highest BCUT2D eigenvalue weighted by Gasteiger charge is 2.26. The van der Waals surface area contributed by atoms with Gasteiger partial charge in [-0.25, -0.2) is 0 Å². The molecule has 0 saturated heterocycles. The maximum atomic E-state index is 10.0. The predicted octanol–water partition coefficient (Wildman–Crippen LogP) is 3.35. The Morgan fingerprint density at radius 1 is 1.23 bits per heavy atom. The summed E-state index contributed by atoms with van der Waals surface area (Å²) in [4.78, 5) is 0. The molecule has 126 valence electrons. The Labute approximate surface area is 136 Å². The van der Waals surface area contributed by atoms with Crippen molar-refractivity contribution in [1.82, 2.24) is 5.32 Å². The SMILES string of the molecule is CC1CC(C)CC(C2=CCC(NC(O)CCCCN)C=C2)C1. The molecule has 0 aromatic heterocycles. The highest BCUT2D eigenvalue weighted by atomic mass is 16.3. The van der Waals surface area contributed by atoms with Gasteiger partial charge in [0.05, 0.1) is 0 Å². The topological polar surface area (TPSA) is 58.3 Å². The summed E-state index contributed by atoms with van der Waals surface area (Å²) in [6.45, 7) is 5.48. The van der Waals surface area contributed by atoms with Crippen LogP contribution in [0.5, 0.6) is 0 Å². The Kier molecular flexibility index (Phi) is 7.13. The minimum atomic E-state index is -0.411. The smallest absolute Gasteiger partial charge is 0.105 e. The number of allylic oxidation sites excluding steroid dienone is 2. The molecule has 1 fully saturated rings. The molecular weight excluding hydrogens is 272 g/mol. The number of aliphatic hydroxyl groups is 1. The molecule has 0 aromatic rings. The van der Waals surface area contributed by atoms with Crippen LogP contribution in [0.1, 0.15) is 58.8 Å². The molecule has 3 nitrogen and oxygen atoms in total. The first-order valence-corrected chi connectivity index (χ1v) is 9.11. The van der Waals surface area contributed by atoms with Crippen LogP contribution in [0.25, 0.3) is 0 Å². The van der Waals surface area contributed by atoms with Crippen molar-refractivity contribution in [3.05, 3.63) is 23.8 Å². The first kappa shape index (κ1) is 17.7. The van der Waals surface area contributed by atoms with Crippen molar-refractivity contribution in [3.63, 3.8) is 0 Å². The summed E-state index contributed by atoms with van der Waals surface area (Å²) in [7, 11) is 0. The minimum absolute atomic E-state index is 0.273. The van der Waals surface area contributed by atoms with Crippen molar-refractivity contribution in [2.24, 2.45) is 23.5 Å². The van der Waals surface area contributed by atoms with E-state index in [4.69, 9.17) is 5.73 Å². The molecule has 0 aliphatic heterocycles. The quantitative estimate of drug-likeness (QED) is 0.499. The van der Waals surface area contributed by atoms with Gasteiger partial charge in [-0.3, -0.25) is 5.32 Å². The van der Waals surface area contributed by atoms with E-state index in [2.05, 4.69) is 37.4 Å². The summed E-state index contributed by atoms with van der Waals surface area (Å²) >= 11 is 0. The van der Waals surface area contributed by atoms with Gasteiger partial charge in [-0.1, -0.05) is 32.1 Å². The number of rotatable bonds is 7. The molecule has 3 heteroatoms. The van der Waals surface area contributed by atoms with Crippen molar-refractivity contribution in [1.29, 1.82) is 0 Å². The summed E-state index contributed by atoms with van der Waals surface area (Å²) in [6.07, 6.45) is 14.3. The number of unbranched alkanes of at least 4 members (excludes halogenated alkanes) is 1. The van der Waals surface area contributed by atoms with E-state index in [-0.39, 0.29) is 6.04 Å². The van der Waals surface area contributed by atoms with Gasteiger partial charge in [0, 0.05) is 6.04 Å². The minimum Gasteiger partial charge on any atom is -0.379 e. The van der Waals surface area contributed by atoms with Gasteiger partial charge in [-0.2, -0.15) is 0 Å². The second-order valence-electron chi connectivity index (χ2n) is 7.49. The predicted molar refractivity (Wildman–Crippen MR) is 93.3 cm³/mol. The normalized spacial score (nSPS) is 33.5. The Morgan fingerprint density at radius 2 is 1.95 bits per heavy atom. The van der Waals surface area contributed by atoms with Crippen LogP contribution in [0.4, 0.5) is 0 Å². The van der Waals surface area contributed by atoms with E-state index >= 15 is 0 Å². The second-order valence-corrected chi connectivity index (χ2v) is 7.49. The van der Waals surface area contributed by atoms with E-state index < -0.39 is 6.23 Å². The Balaban J connectivity index is 1.76. The largest absolute Gasteiger partial charge is 0.379 e. The number of nitrogens with two attached hydrogens (primary N) is 1. The average Bonchev–Trinajstić information content (AvgIpc) is 2.47. The van der Waals surface area contributed by atoms with Crippen LogP contribution in [0.15, 0.2) is 23.8 Å². The molecule has 0 aromatic carbocycles. The van der Waals surface area contributed by atoms with Crippen LogP contribution in [0.2, 0.25) is 0 Å². The molecule has 4 unspecified atom stereocenters. The van der Waals surface area contributed by atoms with E-state index in [1.54, 1.807) is 0 Å². The molecule has 22 heavy (non-hydrogen) atoms. The number of aliphatic hydroxyl groups excluding tert-OH is 1. The molecule has 0 spiro atoms. The standard InChI is InChI=1S/C19H34N2O/c1-14-11-15(2)13-17(12-14)16-6-8-18(9-7-16)21-19(22)5-3-4-10-20/h6-8,14-15,17-19,21-22H,3-5,9-13,20H2,1-2H3. The summed E-state index contributed by atoms with van der Waals surface area (Å²) in [6, 6.07) is 0.273. The fourth-order valence-electron chi connectivity index (χ4n) is 4.09. The molecule has 0 bridgehead atoms. The lowest BCUT2D eigenvalue weighted by Gasteiger charge is -2.33. The van der Waals surface area contributed by atoms with Gasteiger partial charge in [-0.05, 0) is 74.8 Å². The number of nitrogens with one attached hydrogen (secondary N) is 1. The zero-order valence-corrected chi connectivity index (χ0v) is 14.3. The monoisotopic (exact) mass is 306 g/mol. The number of hydrogen-bond acceptors (Lipinski definition) is 3. The molecule has 2 rings (SSSR count). The first-order chi connectivity index (χ1) is 10.6. The van der Waals surface area contributed by atoms with Crippen LogP contribution < -0.4 is 11.1 Å². The van der Waals surface area contributed by atoms with Crippen LogP contribution >= 0.6 is 0 Å². The Bertz CT molecular complexity index is 381. The first-order valence-electron chi connectivity index (χ1n) is 9.11. The van der Waals surface area contributed by atoms with E-state index in [0.29, 0.717) is 6.54 Å². The summed E-state index contributed by atoms with van der Waals surface area (Å²) in [5.74, 6) is 2.44. The lowest BCUT2D eigenvalue weighted by atomic mass is 9.73. The molecule has 2 aliphatic carbocycles. The third-order valence-electron chi connectivity index (χ3n) is 5.12. The molecule has 0 amide bonds. The van der Waals surface area contributed by atoms with E-state index in [1.807, 2.05) is 0 Å². The average molecular weight is 306 g/mol. The zero-order chi connectivity index (χ0) is 15.9. The Morgan fingerprint density at radius 3 is 2.55 bits per heavy atom. The van der Waals surface area contributed by atoms with Gasteiger partial charge >= 0.3 is 0 Å². The Hall–Kier alpha value is -0.640. The number of hydrogen-bond donors (Lipinski definition) is 3.